The molecule has 0 heterocycles. The van der Waals surface area contributed by atoms with Gasteiger partial charge in [-0.1, -0.05) is 0 Å². The molecule has 0 aliphatic heterocycles. The van der Waals surface area contributed by atoms with E-state index in [0.29, 0.717) is 13.1 Å². The van der Waals surface area contributed by atoms with Gasteiger partial charge in [0.1, 0.15) is 5.25 Å². The number of hydrogen-bond donors (Lipinski definition) is 1. The van der Waals surface area contributed by atoms with E-state index in [9.17, 15) is 13.2 Å². The Labute approximate surface area is 91.5 Å². The van der Waals surface area contributed by atoms with Gasteiger partial charge in [-0.05, 0) is 20.8 Å². The maximum atomic E-state index is 11.8. The molecule has 6 heteroatoms. The molecule has 0 bridgehead atoms. The van der Waals surface area contributed by atoms with Gasteiger partial charge in [0, 0.05) is 25.4 Å². The maximum absolute atomic E-state index is 11.8. The van der Waals surface area contributed by atoms with Crippen molar-refractivity contribution >= 4 is 15.7 Å². The van der Waals surface area contributed by atoms with Crippen molar-refractivity contribution in [1.29, 1.82) is 0 Å². The van der Waals surface area contributed by atoms with Crippen LogP contribution in [0.1, 0.15) is 20.8 Å². The van der Waals surface area contributed by atoms with Crippen LogP contribution in [0.15, 0.2) is 0 Å². The molecule has 5 nitrogen and oxygen atoms in total. The van der Waals surface area contributed by atoms with Crippen LogP contribution in [0.2, 0.25) is 0 Å². The predicted molar refractivity (Wildman–Crippen MR) is 60.2 cm³/mol. The van der Waals surface area contributed by atoms with Gasteiger partial charge in [0.2, 0.25) is 5.91 Å². The van der Waals surface area contributed by atoms with Crippen LogP contribution in [0.25, 0.3) is 0 Å². The number of amides is 1. The van der Waals surface area contributed by atoms with Crippen LogP contribution in [0.3, 0.4) is 0 Å². The van der Waals surface area contributed by atoms with Crippen molar-refractivity contribution in [2.24, 2.45) is 5.73 Å². The number of nitrogens with zero attached hydrogens (tertiary/aromatic N) is 1. The molecule has 2 N–H and O–H groups in total. The van der Waals surface area contributed by atoms with E-state index in [1.165, 1.54) is 11.8 Å². The smallest absolute Gasteiger partial charge is 0.240 e. The summed E-state index contributed by atoms with van der Waals surface area (Å²) in [6.45, 7) is 5.80. The molecule has 15 heavy (non-hydrogen) atoms. The van der Waals surface area contributed by atoms with Crippen molar-refractivity contribution in [2.75, 3.05) is 19.3 Å². The molecule has 0 spiro atoms. The Morgan fingerprint density at radius 1 is 1.33 bits per heavy atom. The van der Waals surface area contributed by atoms with Crippen LogP contribution in [0.4, 0.5) is 0 Å². The van der Waals surface area contributed by atoms with Crippen LogP contribution < -0.4 is 5.73 Å². The summed E-state index contributed by atoms with van der Waals surface area (Å²) >= 11 is 0. The zero-order valence-electron chi connectivity index (χ0n) is 9.73. The first kappa shape index (κ1) is 14.4. The summed E-state index contributed by atoms with van der Waals surface area (Å²) in [5, 5.41) is -0.994. The number of hydrogen-bond acceptors (Lipinski definition) is 4. The molecule has 0 saturated carbocycles. The summed E-state index contributed by atoms with van der Waals surface area (Å²) in [7, 11) is -3.33. The summed E-state index contributed by atoms with van der Waals surface area (Å²) in [6, 6.07) is -0.0368. The normalized spacial score (nSPS) is 14.0. The Morgan fingerprint density at radius 2 is 1.80 bits per heavy atom. The first-order valence-electron chi connectivity index (χ1n) is 4.91. The van der Waals surface area contributed by atoms with Crippen LogP contribution in [-0.2, 0) is 14.6 Å². The topological polar surface area (TPSA) is 80.5 Å². The van der Waals surface area contributed by atoms with E-state index < -0.39 is 15.1 Å². The Morgan fingerprint density at radius 3 is 2.07 bits per heavy atom. The first-order chi connectivity index (χ1) is 6.71. The standard InChI is InChI=1S/C9H20N2O3S/c1-7(2)11(6-5-10)9(12)8(3)15(4,13)14/h7-8H,5-6,10H2,1-4H3. The maximum Gasteiger partial charge on any atom is 0.240 e. The number of nitrogens with two attached hydrogens (primary N) is 1. The summed E-state index contributed by atoms with van der Waals surface area (Å²) in [4.78, 5) is 13.3. The highest BCUT2D eigenvalue weighted by Gasteiger charge is 2.29. The second kappa shape index (κ2) is 5.46. The lowest BCUT2D eigenvalue weighted by molar-refractivity contribution is -0.131. The molecule has 0 aromatic rings. The highest BCUT2D eigenvalue weighted by atomic mass is 32.2. The quantitative estimate of drug-likeness (QED) is 0.705. The molecular weight excluding hydrogens is 216 g/mol. The van der Waals surface area contributed by atoms with Gasteiger partial charge in [0.25, 0.3) is 0 Å². The summed E-state index contributed by atoms with van der Waals surface area (Å²) in [5.41, 5.74) is 5.37. The zero-order chi connectivity index (χ0) is 12.2. The van der Waals surface area contributed by atoms with E-state index >= 15 is 0 Å². The van der Waals surface area contributed by atoms with E-state index in [1.807, 2.05) is 13.8 Å². The molecule has 1 amide bonds. The Bertz CT molecular complexity index is 311. The average molecular weight is 236 g/mol. The van der Waals surface area contributed by atoms with Gasteiger partial charge < -0.3 is 10.6 Å². The molecule has 0 rings (SSSR count). The molecule has 0 aromatic heterocycles. The number of rotatable bonds is 5. The molecule has 90 valence electrons. The Hall–Kier alpha value is -0.620. The SMILES string of the molecule is CC(C)N(CCN)C(=O)C(C)S(C)(=O)=O. The lowest BCUT2D eigenvalue weighted by Gasteiger charge is -2.28. The molecule has 0 fully saturated rings. The first-order valence-corrected chi connectivity index (χ1v) is 6.86. The fraction of sp³-hybridized carbons (Fsp3) is 0.889. The third-order valence-corrected chi connectivity index (χ3v) is 3.75. The Kier molecular flexibility index (Phi) is 5.23. The van der Waals surface area contributed by atoms with E-state index in [1.54, 1.807) is 0 Å². The molecule has 0 saturated heterocycles. The monoisotopic (exact) mass is 236 g/mol. The highest BCUT2D eigenvalue weighted by Crippen LogP contribution is 2.07. The van der Waals surface area contributed by atoms with Gasteiger partial charge in [0.15, 0.2) is 9.84 Å². The van der Waals surface area contributed by atoms with E-state index in [-0.39, 0.29) is 11.9 Å². The van der Waals surface area contributed by atoms with E-state index in [0.717, 1.165) is 6.26 Å². The summed E-state index contributed by atoms with van der Waals surface area (Å²) in [5.74, 6) is -0.377. The molecule has 1 unspecified atom stereocenters. The zero-order valence-corrected chi connectivity index (χ0v) is 10.5. The molecule has 0 radical (unpaired) electrons. The third kappa shape index (κ3) is 4.17. The van der Waals surface area contributed by atoms with Crippen molar-refractivity contribution in [3.63, 3.8) is 0 Å². The largest absolute Gasteiger partial charge is 0.338 e. The lowest BCUT2D eigenvalue weighted by atomic mass is 10.3. The van der Waals surface area contributed by atoms with Crippen LogP contribution in [-0.4, -0.2) is 49.9 Å². The molecule has 0 aliphatic carbocycles. The second-order valence-corrected chi connectivity index (χ2v) is 6.25. The Balaban J connectivity index is 4.79. The second-order valence-electron chi connectivity index (χ2n) is 3.89. The minimum absolute atomic E-state index is 0.0368. The van der Waals surface area contributed by atoms with Crippen LogP contribution in [0, 0.1) is 0 Å². The third-order valence-electron chi connectivity index (χ3n) is 2.27. The predicted octanol–water partition coefficient (Wildman–Crippen LogP) is -0.385. The van der Waals surface area contributed by atoms with Crippen molar-refractivity contribution in [1.82, 2.24) is 4.90 Å². The van der Waals surface area contributed by atoms with Crippen molar-refractivity contribution < 1.29 is 13.2 Å². The minimum Gasteiger partial charge on any atom is -0.338 e. The van der Waals surface area contributed by atoms with Crippen molar-refractivity contribution in [3.05, 3.63) is 0 Å². The fourth-order valence-electron chi connectivity index (χ4n) is 1.18. The van der Waals surface area contributed by atoms with Gasteiger partial charge >= 0.3 is 0 Å². The minimum atomic E-state index is -3.33. The number of carbonyl (C=O) groups excluding carboxylic acids is 1. The fourth-order valence-corrected chi connectivity index (χ4v) is 1.68. The summed E-state index contributed by atoms with van der Waals surface area (Å²) in [6.07, 6.45) is 1.07. The van der Waals surface area contributed by atoms with Gasteiger partial charge in [-0.2, -0.15) is 0 Å². The van der Waals surface area contributed by atoms with Crippen LogP contribution in [0.5, 0.6) is 0 Å². The van der Waals surface area contributed by atoms with Crippen molar-refractivity contribution in [3.8, 4) is 0 Å². The number of sulfone groups is 1. The summed E-state index contributed by atoms with van der Waals surface area (Å²) < 4.78 is 22.5. The van der Waals surface area contributed by atoms with Gasteiger partial charge in [-0.15, -0.1) is 0 Å². The highest BCUT2D eigenvalue weighted by molar-refractivity contribution is 7.92. The lowest BCUT2D eigenvalue weighted by Crippen LogP contribution is -2.46. The number of carbonyl (C=O) groups is 1. The van der Waals surface area contributed by atoms with E-state index in [4.69, 9.17) is 5.73 Å². The molecule has 1 atom stereocenters. The molecule has 0 aromatic carbocycles. The average Bonchev–Trinajstić information content (AvgIpc) is 2.09. The van der Waals surface area contributed by atoms with Crippen molar-refractivity contribution in [2.45, 2.75) is 32.1 Å². The van der Waals surface area contributed by atoms with Gasteiger partial charge in [0.05, 0.1) is 0 Å². The van der Waals surface area contributed by atoms with Crippen LogP contribution >= 0.6 is 0 Å². The van der Waals surface area contributed by atoms with Gasteiger partial charge in [-0.25, -0.2) is 8.42 Å². The van der Waals surface area contributed by atoms with E-state index in [2.05, 4.69) is 0 Å². The molecular formula is C9H20N2O3S. The van der Waals surface area contributed by atoms with Gasteiger partial charge in [-0.3, -0.25) is 4.79 Å². The molecule has 0 aliphatic rings.